The number of hydrogen-bond acceptors (Lipinski definition) is 3. The number of benzene rings is 1. The molecule has 118 valence electrons. The molecular formula is C19H19NO2S. The zero-order chi connectivity index (χ0) is 16.7. The molecule has 0 aliphatic carbocycles. The summed E-state index contributed by atoms with van der Waals surface area (Å²) in [4.78, 5) is 18.8. The summed E-state index contributed by atoms with van der Waals surface area (Å²) in [5.74, 6) is -0.563. The summed E-state index contributed by atoms with van der Waals surface area (Å²) in [7, 11) is 0. The highest BCUT2D eigenvalue weighted by Crippen LogP contribution is 2.32. The number of carboxylic acid groups (broad SMARTS) is 1. The lowest BCUT2D eigenvalue weighted by Crippen LogP contribution is -2.01. The molecule has 0 amide bonds. The fraction of sp³-hybridized carbons (Fsp3) is 0.263. The van der Waals surface area contributed by atoms with Crippen molar-refractivity contribution in [2.45, 2.75) is 33.6 Å². The van der Waals surface area contributed by atoms with Crippen LogP contribution in [0.4, 0.5) is 0 Å². The Balaban J connectivity index is 2.29. The van der Waals surface area contributed by atoms with Crippen molar-refractivity contribution < 1.29 is 9.90 Å². The number of pyridine rings is 1. The first-order valence-corrected chi connectivity index (χ1v) is 8.44. The van der Waals surface area contributed by atoms with Crippen molar-refractivity contribution in [1.82, 2.24) is 4.98 Å². The van der Waals surface area contributed by atoms with Gasteiger partial charge < -0.3 is 5.11 Å². The largest absolute Gasteiger partial charge is 0.478 e. The number of aromatic carboxylic acids is 1. The molecule has 3 nitrogen and oxygen atoms in total. The Morgan fingerprint density at radius 2 is 1.91 bits per heavy atom. The Hall–Kier alpha value is -2.20. The number of nitrogens with zero attached hydrogens (tertiary/aromatic N) is 1. The minimum absolute atomic E-state index is 0.316. The first-order valence-electron chi connectivity index (χ1n) is 7.62. The van der Waals surface area contributed by atoms with Crippen LogP contribution in [0.5, 0.6) is 0 Å². The molecule has 0 fully saturated rings. The second-order valence-corrected chi connectivity index (χ2v) is 7.58. The van der Waals surface area contributed by atoms with Crippen LogP contribution in [0, 0.1) is 13.8 Å². The van der Waals surface area contributed by atoms with Crippen molar-refractivity contribution in [3.63, 3.8) is 0 Å². The highest BCUT2D eigenvalue weighted by atomic mass is 32.1. The van der Waals surface area contributed by atoms with Crippen LogP contribution in [0.2, 0.25) is 0 Å². The van der Waals surface area contributed by atoms with Crippen molar-refractivity contribution >= 4 is 28.2 Å². The van der Waals surface area contributed by atoms with E-state index >= 15 is 0 Å². The molecule has 0 atom stereocenters. The lowest BCUT2D eigenvalue weighted by atomic mass is 9.98. The SMILES string of the molecule is Cc1cc(-c2cc(C(=O)O)c3cc(C(C)C)ccc3n2)c(C)s1. The van der Waals surface area contributed by atoms with Gasteiger partial charge in [-0.25, -0.2) is 9.78 Å². The van der Waals surface area contributed by atoms with Crippen LogP contribution >= 0.6 is 11.3 Å². The first kappa shape index (κ1) is 15.7. The van der Waals surface area contributed by atoms with Crippen LogP contribution in [0.15, 0.2) is 30.3 Å². The van der Waals surface area contributed by atoms with Crippen LogP contribution in [0.1, 0.15) is 45.4 Å². The summed E-state index contributed by atoms with van der Waals surface area (Å²) in [6, 6.07) is 9.67. The third-order valence-corrected chi connectivity index (χ3v) is 5.01. The van der Waals surface area contributed by atoms with Gasteiger partial charge in [0.15, 0.2) is 0 Å². The number of fused-ring (bicyclic) bond motifs is 1. The number of aryl methyl sites for hydroxylation is 2. The van der Waals surface area contributed by atoms with Crippen LogP contribution in [-0.2, 0) is 0 Å². The molecule has 2 heterocycles. The average Bonchev–Trinajstić information content (AvgIpc) is 2.84. The van der Waals surface area contributed by atoms with Crippen LogP contribution < -0.4 is 0 Å². The molecule has 0 radical (unpaired) electrons. The van der Waals surface area contributed by atoms with Gasteiger partial charge in [0, 0.05) is 20.7 Å². The Labute approximate surface area is 139 Å². The third kappa shape index (κ3) is 2.86. The molecule has 0 aliphatic rings. The van der Waals surface area contributed by atoms with E-state index in [1.807, 2.05) is 25.1 Å². The van der Waals surface area contributed by atoms with Crippen LogP contribution in [0.3, 0.4) is 0 Å². The molecular weight excluding hydrogens is 306 g/mol. The quantitative estimate of drug-likeness (QED) is 0.701. The van der Waals surface area contributed by atoms with Gasteiger partial charge in [-0.05, 0) is 49.6 Å². The summed E-state index contributed by atoms with van der Waals surface area (Å²) in [5, 5.41) is 10.3. The van der Waals surface area contributed by atoms with Crippen LogP contribution in [-0.4, -0.2) is 16.1 Å². The molecule has 1 N–H and O–H groups in total. The van der Waals surface area contributed by atoms with Gasteiger partial charge >= 0.3 is 5.97 Å². The Bertz CT molecular complexity index is 909. The van der Waals surface area contributed by atoms with Gasteiger partial charge in [0.05, 0.1) is 16.8 Å². The normalized spacial score (nSPS) is 11.3. The summed E-state index contributed by atoms with van der Waals surface area (Å²) in [6.45, 7) is 8.29. The monoisotopic (exact) mass is 325 g/mol. The second-order valence-electron chi connectivity index (χ2n) is 6.12. The van der Waals surface area contributed by atoms with Gasteiger partial charge in [0.2, 0.25) is 0 Å². The number of carbonyl (C=O) groups is 1. The minimum atomic E-state index is -0.913. The maximum Gasteiger partial charge on any atom is 0.336 e. The third-order valence-electron chi connectivity index (χ3n) is 4.05. The highest BCUT2D eigenvalue weighted by molar-refractivity contribution is 7.12. The van der Waals surface area contributed by atoms with Gasteiger partial charge in [0.25, 0.3) is 0 Å². The number of aromatic nitrogens is 1. The Morgan fingerprint density at radius 3 is 2.48 bits per heavy atom. The smallest absolute Gasteiger partial charge is 0.336 e. The highest BCUT2D eigenvalue weighted by Gasteiger charge is 2.16. The molecule has 2 aromatic heterocycles. The molecule has 0 aliphatic heterocycles. The van der Waals surface area contributed by atoms with Gasteiger partial charge in [0.1, 0.15) is 0 Å². The molecule has 0 saturated heterocycles. The maximum atomic E-state index is 11.7. The lowest BCUT2D eigenvalue weighted by molar-refractivity contribution is 0.0699. The van der Waals surface area contributed by atoms with Crippen molar-refractivity contribution in [2.24, 2.45) is 0 Å². The fourth-order valence-electron chi connectivity index (χ4n) is 2.80. The van der Waals surface area contributed by atoms with Crippen LogP contribution in [0.25, 0.3) is 22.2 Å². The van der Waals surface area contributed by atoms with E-state index in [-0.39, 0.29) is 0 Å². The Morgan fingerprint density at radius 1 is 1.17 bits per heavy atom. The van der Waals surface area contributed by atoms with E-state index in [1.165, 1.54) is 4.88 Å². The molecule has 0 spiro atoms. The molecule has 3 aromatic rings. The molecule has 0 bridgehead atoms. The van der Waals surface area contributed by atoms with E-state index in [4.69, 9.17) is 4.98 Å². The summed E-state index contributed by atoms with van der Waals surface area (Å²) >= 11 is 1.70. The fourth-order valence-corrected chi connectivity index (χ4v) is 3.74. The van der Waals surface area contributed by atoms with E-state index in [2.05, 4.69) is 26.8 Å². The van der Waals surface area contributed by atoms with E-state index in [1.54, 1.807) is 17.4 Å². The van der Waals surface area contributed by atoms with Gasteiger partial charge in [-0.1, -0.05) is 19.9 Å². The topological polar surface area (TPSA) is 50.2 Å². The molecule has 4 heteroatoms. The average molecular weight is 325 g/mol. The second kappa shape index (κ2) is 5.78. The van der Waals surface area contributed by atoms with E-state index < -0.39 is 5.97 Å². The van der Waals surface area contributed by atoms with Crippen molar-refractivity contribution in [1.29, 1.82) is 0 Å². The predicted octanol–water partition coefficient (Wildman–Crippen LogP) is 5.40. The predicted molar refractivity (Wildman–Crippen MR) is 95.6 cm³/mol. The van der Waals surface area contributed by atoms with E-state index in [0.717, 1.165) is 27.2 Å². The molecule has 0 unspecified atom stereocenters. The Kier molecular flexibility index (Phi) is 3.94. The number of carboxylic acids is 1. The summed E-state index contributed by atoms with van der Waals surface area (Å²) in [5.41, 5.74) is 3.92. The lowest BCUT2D eigenvalue weighted by Gasteiger charge is -2.10. The zero-order valence-corrected chi connectivity index (χ0v) is 14.5. The summed E-state index contributed by atoms with van der Waals surface area (Å²) < 4.78 is 0. The van der Waals surface area contributed by atoms with Gasteiger partial charge in [-0.3, -0.25) is 0 Å². The number of thiophene rings is 1. The molecule has 0 saturated carbocycles. The maximum absolute atomic E-state index is 11.7. The van der Waals surface area contributed by atoms with Crippen molar-refractivity contribution in [3.8, 4) is 11.3 Å². The zero-order valence-electron chi connectivity index (χ0n) is 13.7. The first-order chi connectivity index (χ1) is 10.9. The standard InChI is InChI=1S/C19H19NO2S/c1-10(2)13-5-6-17-15(8-13)16(19(21)22)9-18(20-17)14-7-11(3)23-12(14)4/h5-10H,1-4H3,(H,21,22). The number of hydrogen-bond donors (Lipinski definition) is 1. The molecule has 23 heavy (non-hydrogen) atoms. The molecule has 1 aromatic carbocycles. The van der Waals surface area contributed by atoms with Gasteiger partial charge in [-0.15, -0.1) is 11.3 Å². The molecule has 3 rings (SSSR count). The number of rotatable bonds is 3. The van der Waals surface area contributed by atoms with Crippen molar-refractivity contribution in [2.75, 3.05) is 0 Å². The minimum Gasteiger partial charge on any atom is -0.478 e. The van der Waals surface area contributed by atoms with Crippen molar-refractivity contribution in [3.05, 3.63) is 51.2 Å². The van der Waals surface area contributed by atoms with E-state index in [9.17, 15) is 9.90 Å². The van der Waals surface area contributed by atoms with E-state index in [0.29, 0.717) is 16.9 Å². The van der Waals surface area contributed by atoms with Gasteiger partial charge in [-0.2, -0.15) is 0 Å². The summed E-state index contributed by atoms with van der Waals surface area (Å²) in [6.07, 6.45) is 0.